The van der Waals surface area contributed by atoms with Crippen molar-refractivity contribution >= 4 is 0 Å². The number of halogens is 4. The molecule has 1 nitrogen and oxygen atoms in total. The molecule has 3 aliphatic rings. The maximum absolute atomic E-state index is 14.9. The molecule has 186 valence electrons. The fourth-order valence-electron chi connectivity index (χ4n) is 5.74. The molecular weight excluding hydrogens is 452 g/mol. The summed E-state index contributed by atoms with van der Waals surface area (Å²) in [5.74, 6) is -2.93. The number of allylic oxidation sites excluding steroid dienone is 3. The zero-order chi connectivity index (χ0) is 24.5. The molecule has 5 rings (SSSR count). The van der Waals surface area contributed by atoms with E-state index >= 15 is 0 Å². The summed E-state index contributed by atoms with van der Waals surface area (Å²) in [7, 11) is 0. The molecule has 2 aliphatic carbocycles. The molecule has 1 heterocycles. The van der Waals surface area contributed by atoms with Crippen LogP contribution in [0.5, 0.6) is 0 Å². The lowest BCUT2D eigenvalue weighted by Gasteiger charge is -2.31. The van der Waals surface area contributed by atoms with Crippen molar-refractivity contribution in [3.05, 3.63) is 82.5 Å². The number of ether oxygens (including phenoxy) is 1. The molecule has 2 fully saturated rings. The molecule has 0 radical (unpaired) electrons. The summed E-state index contributed by atoms with van der Waals surface area (Å²) in [6.45, 7) is 2.57. The molecule has 1 saturated heterocycles. The molecule has 2 aromatic rings. The first-order chi connectivity index (χ1) is 17.0. The Hall–Kier alpha value is -2.40. The SMILES string of the molecule is CCc1ccc(-c2ccc(CCC3CCC(C4=CCC(C5CO5)C(F)=C4F)CC3)c(F)c2F)cc1. The van der Waals surface area contributed by atoms with Crippen LogP contribution in [0.4, 0.5) is 17.6 Å². The Kier molecular flexibility index (Phi) is 7.15. The summed E-state index contributed by atoms with van der Waals surface area (Å²) >= 11 is 0. The normalized spacial score (nSPS) is 26.6. The van der Waals surface area contributed by atoms with Crippen LogP contribution in [0.1, 0.15) is 56.6 Å². The number of hydrogen-bond acceptors (Lipinski definition) is 1. The third kappa shape index (κ3) is 5.11. The van der Waals surface area contributed by atoms with Crippen molar-refractivity contribution in [1.29, 1.82) is 0 Å². The van der Waals surface area contributed by atoms with Crippen LogP contribution in [-0.4, -0.2) is 12.7 Å². The zero-order valence-electron chi connectivity index (χ0n) is 20.1. The summed E-state index contributed by atoms with van der Waals surface area (Å²) < 4.78 is 64.0. The minimum Gasteiger partial charge on any atom is -0.372 e. The van der Waals surface area contributed by atoms with E-state index in [-0.39, 0.29) is 17.6 Å². The molecule has 1 aliphatic heterocycles. The molecule has 35 heavy (non-hydrogen) atoms. The number of aryl methyl sites for hydroxylation is 2. The number of epoxide rings is 1. The van der Waals surface area contributed by atoms with Crippen molar-refractivity contribution in [3.63, 3.8) is 0 Å². The highest BCUT2D eigenvalue weighted by Gasteiger charge is 2.40. The second kappa shape index (κ2) is 10.3. The van der Waals surface area contributed by atoms with Gasteiger partial charge in [0.1, 0.15) is 5.83 Å². The molecule has 0 bridgehead atoms. The van der Waals surface area contributed by atoms with Crippen LogP contribution in [0.15, 0.2) is 59.7 Å². The largest absolute Gasteiger partial charge is 0.372 e. The average molecular weight is 485 g/mol. The van der Waals surface area contributed by atoms with E-state index in [0.29, 0.717) is 42.1 Å². The number of hydrogen-bond donors (Lipinski definition) is 0. The molecule has 5 heteroatoms. The average Bonchev–Trinajstić information content (AvgIpc) is 3.72. The highest BCUT2D eigenvalue weighted by atomic mass is 19.2. The number of rotatable bonds is 7. The lowest BCUT2D eigenvalue weighted by atomic mass is 9.74. The van der Waals surface area contributed by atoms with Crippen LogP contribution >= 0.6 is 0 Å². The van der Waals surface area contributed by atoms with E-state index in [9.17, 15) is 17.6 Å². The number of benzene rings is 2. The third-order valence-electron chi connectivity index (χ3n) is 8.13. The summed E-state index contributed by atoms with van der Waals surface area (Å²) in [6, 6.07) is 10.9. The minimum atomic E-state index is -0.793. The molecule has 0 amide bonds. The van der Waals surface area contributed by atoms with Crippen LogP contribution in [0.25, 0.3) is 11.1 Å². The highest BCUT2D eigenvalue weighted by molar-refractivity contribution is 5.65. The van der Waals surface area contributed by atoms with Gasteiger partial charge in [0, 0.05) is 11.5 Å². The van der Waals surface area contributed by atoms with Gasteiger partial charge in [-0.05, 0) is 85.5 Å². The molecule has 0 spiro atoms. The van der Waals surface area contributed by atoms with Gasteiger partial charge in [-0.1, -0.05) is 49.4 Å². The molecule has 2 unspecified atom stereocenters. The van der Waals surface area contributed by atoms with Crippen molar-refractivity contribution in [1.82, 2.24) is 0 Å². The second-order valence-electron chi connectivity index (χ2n) is 10.2. The summed E-state index contributed by atoms with van der Waals surface area (Å²) in [6.07, 6.45) is 7.70. The van der Waals surface area contributed by atoms with Gasteiger partial charge in [-0.15, -0.1) is 0 Å². The molecule has 0 aromatic heterocycles. The van der Waals surface area contributed by atoms with Gasteiger partial charge in [0.15, 0.2) is 17.5 Å². The zero-order valence-corrected chi connectivity index (χ0v) is 20.1. The third-order valence-corrected chi connectivity index (χ3v) is 8.13. The standard InChI is InChI=1S/C30H32F4O/c1-2-18-3-8-20(9-4-18)23-14-13-22(27(31)28(23)32)12-7-19-5-10-21(11-6-19)24-15-16-25(26-17-35-26)30(34)29(24)33/h3-4,8-9,13-15,19,21,25-26H,2,5-7,10-12,16-17H2,1H3. The van der Waals surface area contributed by atoms with E-state index in [1.54, 1.807) is 12.1 Å². The van der Waals surface area contributed by atoms with Gasteiger partial charge in [0.05, 0.1) is 12.7 Å². The Morgan fingerprint density at radius 3 is 2.26 bits per heavy atom. The van der Waals surface area contributed by atoms with Gasteiger partial charge >= 0.3 is 0 Å². The Bertz CT molecular complexity index is 1120. The highest BCUT2D eigenvalue weighted by Crippen LogP contribution is 2.45. The van der Waals surface area contributed by atoms with Gasteiger partial charge in [-0.3, -0.25) is 0 Å². The first kappa shape index (κ1) is 24.3. The predicted octanol–water partition coefficient (Wildman–Crippen LogP) is 8.43. The molecule has 2 atom stereocenters. The smallest absolute Gasteiger partial charge is 0.166 e. The Morgan fingerprint density at radius 1 is 0.886 bits per heavy atom. The van der Waals surface area contributed by atoms with E-state index in [2.05, 4.69) is 6.92 Å². The lowest BCUT2D eigenvalue weighted by Crippen LogP contribution is -2.21. The summed E-state index contributed by atoms with van der Waals surface area (Å²) in [4.78, 5) is 0. The molecule has 0 N–H and O–H groups in total. The quantitative estimate of drug-likeness (QED) is 0.284. The summed E-state index contributed by atoms with van der Waals surface area (Å²) in [5, 5.41) is 0. The van der Waals surface area contributed by atoms with E-state index in [4.69, 9.17) is 4.74 Å². The first-order valence-electron chi connectivity index (χ1n) is 12.9. The molecular formula is C30H32F4O. The maximum atomic E-state index is 14.9. The fourth-order valence-corrected chi connectivity index (χ4v) is 5.74. The first-order valence-corrected chi connectivity index (χ1v) is 12.9. The topological polar surface area (TPSA) is 12.5 Å². The monoisotopic (exact) mass is 484 g/mol. The van der Waals surface area contributed by atoms with Gasteiger partial charge in [0.25, 0.3) is 0 Å². The van der Waals surface area contributed by atoms with Crippen molar-refractivity contribution < 1.29 is 22.3 Å². The van der Waals surface area contributed by atoms with Gasteiger partial charge in [0.2, 0.25) is 0 Å². The molecule has 1 saturated carbocycles. The van der Waals surface area contributed by atoms with E-state index in [1.165, 1.54) is 0 Å². The molecule has 2 aromatic carbocycles. The Morgan fingerprint density at radius 2 is 1.60 bits per heavy atom. The Balaban J connectivity index is 1.17. The van der Waals surface area contributed by atoms with E-state index in [1.807, 2.05) is 30.3 Å². The Labute approximate surface area is 204 Å². The van der Waals surface area contributed by atoms with E-state index in [0.717, 1.165) is 44.1 Å². The van der Waals surface area contributed by atoms with Gasteiger partial charge in [-0.25, -0.2) is 17.6 Å². The van der Waals surface area contributed by atoms with E-state index < -0.39 is 29.2 Å². The van der Waals surface area contributed by atoms with Crippen molar-refractivity contribution in [2.45, 2.75) is 64.4 Å². The van der Waals surface area contributed by atoms with Crippen LogP contribution < -0.4 is 0 Å². The van der Waals surface area contributed by atoms with Crippen molar-refractivity contribution in [3.8, 4) is 11.1 Å². The van der Waals surface area contributed by atoms with Crippen molar-refractivity contribution in [2.75, 3.05) is 6.61 Å². The van der Waals surface area contributed by atoms with Gasteiger partial charge < -0.3 is 4.74 Å². The van der Waals surface area contributed by atoms with Crippen molar-refractivity contribution in [2.24, 2.45) is 17.8 Å². The van der Waals surface area contributed by atoms with Gasteiger partial charge in [-0.2, -0.15) is 0 Å². The maximum Gasteiger partial charge on any atom is 0.166 e. The summed E-state index contributed by atoms with van der Waals surface area (Å²) in [5.41, 5.74) is 3.04. The second-order valence-corrected chi connectivity index (χ2v) is 10.2. The van der Waals surface area contributed by atoms with Crippen LogP contribution in [0, 0.1) is 29.4 Å². The fraction of sp³-hybridized carbons (Fsp3) is 0.467. The van der Waals surface area contributed by atoms with Crippen LogP contribution in [-0.2, 0) is 17.6 Å². The van der Waals surface area contributed by atoms with Crippen LogP contribution in [0.3, 0.4) is 0 Å². The predicted molar refractivity (Wildman–Crippen MR) is 130 cm³/mol. The lowest BCUT2D eigenvalue weighted by molar-refractivity contribution is 0.273. The van der Waals surface area contributed by atoms with Crippen LogP contribution in [0.2, 0.25) is 0 Å². The minimum absolute atomic E-state index is 0.0330.